The molecular weight excluding hydrogens is 316 g/mol. The zero-order valence-corrected chi connectivity index (χ0v) is 13.4. The number of hydrogen-bond acceptors (Lipinski definition) is 5. The van der Waals surface area contributed by atoms with Gasteiger partial charge in [0.25, 0.3) is 5.91 Å². The number of para-hydroxylation sites is 1. The van der Waals surface area contributed by atoms with Gasteiger partial charge in [-0.3, -0.25) is 14.5 Å². The molecule has 4 amide bonds. The number of fused-ring (bicyclic) bond motifs is 1. The van der Waals surface area contributed by atoms with Gasteiger partial charge in [0, 0.05) is 12.5 Å². The third-order valence-corrected chi connectivity index (χ3v) is 4.84. The van der Waals surface area contributed by atoms with Crippen LogP contribution in [0.2, 0.25) is 0 Å². The van der Waals surface area contributed by atoms with Crippen LogP contribution in [0.4, 0.5) is 4.79 Å². The number of amides is 4. The van der Waals surface area contributed by atoms with E-state index in [0.717, 1.165) is 20.1 Å². The molecule has 1 atom stereocenters. The number of thiazole rings is 1. The summed E-state index contributed by atoms with van der Waals surface area (Å²) in [5.74, 6) is -0.688. The first-order chi connectivity index (χ1) is 11.0. The fraction of sp³-hybridized carbons (Fsp3) is 0.333. The highest BCUT2D eigenvalue weighted by Crippen LogP contribution is 2.26. The SMILES string of the molecule is CC(CNC(=O)CN1C(=O)CNC1=O)c1nc2ccccc2s1. The van der Waals surface area contributed by atoms with Crippen LogP contribution < -0.4 is 10.6 Å². The first-order valence-corrected chi connectivity index (χ1v) is 8.06. The second kappa shape index (κ2) is 6.33. The predicted molar refractivity (Wildman–Crippen MR) is 86.2 cm³/mol. The minimum Gasteiger partial charge on any atom is -0.354 e. The highest BCUT2D eigenvalue weighted by Gasteiger charge is 2.30. The van der Waals surface area contributed by atoms with Crippen molar-refractivity contribution in [1.82, 2.24) is 20.5 Å². The summed E-state index contributed by atoms with van der Waals surface area (Å²) < 4.78 is 1.11. The molecule has 2 heterocycles. The molecule has 8 heteroatoms. The van der Waals surface area contributed by atoms with Gasteiger partial charge in [0.15, 0.2) is 0 Å². The molecule has 2 N–H and O–H groups in total. The Labute approximate surface area is 136 Å². The summed E-state index contributed by atoms with van der Waals surface area (Å²) in [7, 11) is 0. The van der Waals surface area contributed by atoms with Crippen molar-refractivity contribution in [3.63, 3.8) is 0 Å². The van der Waals surface area contributed by atoms with Gasteiger partial charge in [-0.1, -0.05) is 19.1 Å². The highest BCUT2D eigenvalue weighted by atomic mass is 32.1. The molecule has 0 radical (unpaired) electrons. The molecule has 3 rings (SSSR count). The van der Waals surface area contributed by atoms with E-state index in [2.05, 4.69) is 15.6 Å². The van der Waals surface area contributed by atoms with Gasteiger partial charge in [0.05, 0.1) is 21.8 Å². The fourth-order valence-electron chi connectivity index (χ4n) is 2.27. The van der Waals surface area contributed by atoms with Crippen LogP contribution in [0.15, 0.2) is 24.3 Å². The largest absolute Gasteiger partial charge is 0.354 e. The quantitative estimate of drug-likeness (QED) is 0.801. The average molecular weight is 332 g/mol. The average Bonchev–Trinajstić information content (AvgIpc) is 3.11. The van der Waals surface area contributed by atoms with Crippen LogP contribution >= 0.6 is 11.3 Å². The Balaban J connectivity index is 1.56. The summed E-state index contributed by atoms with van der Waals surface area (Å²) in [5.41, 5.74) is 0.949. The van der Waals surface area contributed by atoms with Crippen LogP contribution in [-0.2, 0) is 9.59 Å². The van der Waals surface area contributed by atoms with Crippen LogP contribution in [0.5, 0.6) is 0 Å². The Hall–Kier alpha value is -2.48. The Morgan fingerprint density at radius 1 is 1.43 bits per heavy atom. The minimum atomic E-state index is -0.524. The number of rotatable bonds is 5. The molecule has 120 valence electrons. The summed E-state index contributed by atoms with van der Waals surface area (Å²) >= 11 is 1.60. The molecule has 0 bridgehead atoms. The van der Waals surface area contributed by atoms with E-state index in [9.17, 15) is 14.4 Å². The molecular formula is C15H16N4O3S. The van der Waals surface area contributed by atoms with Crippen molar-refractivity contribution < 1.29 is 14.4 Å². The summed E-state index contributed by atoms with van der Waals surface area (Å²) in [6.45, 7) is 2.08. The molecule has 0 spiro atoms. The number of benzene rings is 1. The van der Waals surface area contributed by atoms with E-state index in [1.165, 1.54) is 0 Å². The van der Waals surface area contributed by atoms with E-state index in [-0.39, 0.29) is 30.8 Å². The van der Waals surface area contributed by atoms with Crippen molar-refractivity contribution >= 4 is 39.4 Å². The molecule has 0 saturated carbocycles. The van der Waals surface area contributed by atoms with Crippen molar-refractivity contribution in [3.05, 3.63) is 29.3 Å². The van der Waals surface area contributed by atoms with Gasteiger partial charge in [0.2, 0.25) is 5.91 Å². The number of hydrogen-bond donors (Lipinski definition) is 2. The fourth-order valence-corrected chi connectivity index (χ4v) is 3.29. The number of aromatic nitrogens is 1. The second-order valence-corrected chi connectivity index (χ2v) is 6.43. The molecule has 1 fully saturated rings. The van der Waals surface area contributed by atoms with Gasteiger partial charge in [-0.05, 0) is 12.1 Å². The van der Waals surface area contributed by atoms with Crippen molar-refractivity contribution in [2.45, 2.75) is 12.8 Å². The van der Waals surface area contributed by atoms with Crippen LogP contribution in [-0.4, -0.2) is 47.4 Å². The minimum absolute atomic E-state index is 0.0474. The lowest BCUT2D eigenvalue weighted by Gasteiger charge is -2.14. The maximum absolute atomic E-state index is 11.9. The Bertz CT molecular complexity index is 724. The van der Waals surface area contributed by atoms with E-state index >= 15 is 0 Å². The highest BCUT2D eigenvalue weighted by molar-refractivity contribution is 7.18. The summed E-state index contributed by atoms with van der Waals surface area (Å²) in [4.78, 5) is 40.2. The Morgan fingerprint density at radius 2 is 2.22 bits per heavy atom. The summed E-state index contributed by atoms with van der Waals surface area (Å²) in [5, 5.41) is 6.07. The van der Waals surface area contributed by atoms with Gasteiger partial charge >= 0.3 is 6.03 Å². The molecule has 7 nitrogen and oxygen atoms in total. The van der Waals surface area contributed by atoms with Crippen LogP contribution in [0.1, 0.15) is 17.8 Å². The standard InChI is InChI=1S/C15H16N4O3S/c1-9(14-18-10-4-2-3-5-11(10)23-14)6-16-12(20)8-19-13(21)7-17-15(19)22/h2-5,9H,6-8H2,1H3,(H,16,20)(H,17,22). The number of carbonyl (C=O) groups is 3. The molecule has 1 aromatic carbocycles. The number of carbonyl (C=O) groups excluding carboxylic acids is 3. The molecule has 1 aliphatic heterocycles. The van der Waals surface area contributed by atoms with Gasteiger partial charge < -0.3 is 10.6 Å². The number of urea groups is 1. The normalized spacial score (nSPS) is 15.8. The lowest BCUT2D eigenvalue weighted by Crippen LogP contribution is -2.41. The first-order valence-electron chi connectivity index (χ1n) is 7.25. The van der Waals surface area contributed by atoms with Gasteiger partial charge in [-0.2, -0.15) is 0 Å². The molecule has 1 aromatic heterocycles. The Kier molecular flexibility index (Phi) is 4.24. The molecule has 1 aliphatic rings. The van der Waals surface area contributed by atoms with Gasteiger partial charge in [0.1, 0.15) is 6.54 Å². The Morgan fingerprint density at radius 3 is 2.91 bits per heavy atom. The zero-order chi connectivity index (χ0) is 16.4. The number of nitrogens with zero attached hydrogens (tertiary/aromatic N) is 2. The zero-order valence-electron chi connectivity index (χ0n) is 12.5. The number of imide groups is 1. The summed E-state index contributed by atoms with van der Waals surface area (Å²) in [6, 6.07) is 7.35. The van der Waals surface area contributed by atoms with Crippen molar-refractivity contribution in [1.29, 1.82) is 0 Å². The van der Waals surface area contributed by atoms with Crippen molar-refractivity contribution in [3.8, 4) is 0 Å². The van der Waals surface area contributed by atoms with Gasteiger partial charge in [-0.25, -0.2) is 9.78 Å². The first kappa shape index (κ1) is 15.4. The van der Waals surface area contributed by atoms with E-state index in [0.29, 0.717) is 6.54 Å². The third kappa shape index (κ3) is 3.31. The lowest BCUT2D eigenvalue weighted by atomic mass is 10.2. The van der Waals surface area contributed by atoms with E-state index in [1.807, 2.05) is 31.2 Å². The second-order valence-electron chi connectivity index (χ2n) is 5.36. The van der Waals surface area contributed by atoms with Crippen LogP contribution in [0.25, 0.3) is 10.2 Å². The van der Waals surface area contributed by atoms with E-state index in [4.69, 9.17) is 0 Å². The monoisotopic (exact) mass is 332 g/mol. The molecule has 0 aliphatic carbocycles. The van der Waals surface area contributed by atoms with Crippen molar-refractivity contribution in [2.75, 3.05) is 19.6 Å². The predicted octanol–water partition coefficient (Wildman–Crippen LogP) is 1.07. The molecule has 2 aromatic rings. The third-order valence-electron chi connectivity index (χ3n) is 3.58. The lowest BCUT2D eigenvalue weighted by molar-refractivity contribution is -0.130. The molecule has 23 heavy (non-hydrogen) atoms. The van der Waals surface area contributed by atoms with E-state index < -0.39 is 6.03 Å². The van der Waals surface area contributed by atoms with Crippen LogP contribution in [0.3, 0.4) is 0 Å². The summed E-state index contributed by atoms with van der Waals surface area (Å²) in [6.07, 6.45) is 0. The number of nitrogens with one attached hydrogen (secondary N) is 2. The maximum Gasteiger partial charge on any atom is 0.325 e. The van der Waals surface area contributed by atoms with E-state index in [1.54, 1.807) is 11.3 Å². The smallest absolute Gasteiger partial charge is 0.325 e. The molecule has 1 saturated heterocycles. The topological polar surface area (TPSA) is 91.4 Å². The molecule has 1 unspecified atom stereocenters. The van der Waals surface area contributed by atoms with Crippen LogP contribution in [0, 0.1) is 0 Å². The van der Waals surface area contributed by atoms with Crippen molar-refractivity contribution in [2.24, 2.45) is 0 Å². The van der Waals surface area contributed by atoms with Gasteiger partial charge in [-0.15, -0.1) is 11.3 Å². The maximum atomic E-state index is 11.9.